The van der Waals surface area contributed by atoms with E-state index in [0.717, 1.165) is 23.4 Å². The number of nitro benzene ring substituents is 1. The Morgan fingerprint density at radius 1 is 1.29 bits per heavy atom. The standard InChI is InChI=1S/C16H16N2O2S/c1-11-6-7-12(18(19)20)10-15(11)17-14-8-9-21-16-5-3-2-4-13(14)16/h2-7,10,14,17H,8-9H2,1H3. The predicted molar refractivity (Wildman–Crippen MR) is 86.0 cm³/mol. The minimum atomic E-state index is -0.352. The first-order chi connectivity index (χ1) is 10.1. The number of anilines is 1. The van der Waals surface area contributed by atoms with Gasteiger partial charge in [0.05, 0.1) is 11.0 Å². The molecule has 5 heteroatoms. The van der Waals surface area contributed by atoms with Crippen LogP contribution in [0.4, 0.5) is 11.4 Å². The fourth-order valence-electron chi connectivity index (χ4n) is 2.56. The van der Waals surface area contributed by atoms with Crippen molar-refractivity contribution in [2.75, 3.05) is 11.1 Å². The van der Waals surface area contributed by atoms with Gasteiger partial charge in [-0.25, -0.2) is 0 Å². The first kappa shape index (κ1) is 13.9. The second-order valence-electron chi connectivity index (χ2n) is 5.13. The fourth-order valence-corrected chi connectivity index (χ4v) is 3.68. The molecule has 1 N–H and O–H groups in total. The molecule has 2 aromatic carbocycles. The highest BCUT2D eigenvalue weighted by molar-refractivity contribution is 7.99. The topological polar surface area (TPSA) is 55.2 Å². The molecule has 4 nitrogen and oxygen atoms in total. The van der Waals surface area contributed by atoms with Crippen LogP contribution in [0.15, 0.2) is 47.4 Å². The normalized spacial score (nSPS) is 17.1. The van der Waals surface area contributed by atoms with Crippen LogP contribution in [0.5, 0.6) is 0 Å². The number of hydrogen-bond acceptors (Lipinski definition) is 4. The summed E-state index contributed by atoms with van der Waals surface area (Å²) < 4.78 is 0. The first-order valence-corrected chi connectivity index (χ1v) is 7.87. The molecule has 2 aromatic rings. The number of nitro groups is 1. The van der Waals surface area contributed by atoms with Gasteiger partial charge in [0.2, 0.25) is 0 Å². The van der Waals surface area contributed by atoms with Crippen molar-refractivity contribution >= 4 is 23.1 Å². The summed E-state index contributed by atoms with van der Waals surface area (Å²) in [5, 5.41) is 14.4. The SMILES string of the molecule is Cc1ccc([N+](=O)[O-])cc1NC1CCSc2ccccc21. The number of benzene rings is 2. The quantitative estimate of drug-likeness (QED) is 0.667. The molecule has 0 aliphatic carbocycles. The van der Waals surface area contributed by atoms with E-state index in [2.05, 4.69) is 17.4 Å². The lowest BCUT2D eigenvalue weighted by molar-refractivity contribution is -0.384. The number of aryl methyl sites for hydroxylation is 1. The number of nitrogens with one attached hydrogen (secondary N) is 1. The monoisotopic (exact) mass is 300 g/mol. The van der Waals surface area contributed by atoms with Crippen LogP contribution in [0.2, 0.25) is 0 Å². The molecule has 108 valence electrons. The Kier molecular flexibility index (Phi) is 3.84. The highest BCUT2D eigenvalue weighted by Gasteiger charge is 2.21. The molecular formula is C16H16N2O2S. The largest absolute Gasteiger partial charge is 0.378 e. The summed E-state index contributed by atoms with van der Waals surface area (Å²) >= 11 is 1.87. The first-order valence-electron chi connectivity index (χ1n) is 6.88. The Hall–Kier alpha value is -2.01. The van der Waals surface area contributed by atoms with Gasteiger partial charge >= 0.3 is 0 Å². The summed E-state index contributed by atoms with van der Waals surface area (Å²) in [4.78, 5) is 11.9. The molecule has 0 amide bonds. The van der Waals surface area contributed by atoms with E-state index in [1.807, 2.05) is 30.8 Å². The molecule has 0 saturated heterocycles. The fraction of sp³-hybridized carbons (Fsp3) is 0.250. The number of thioether (sulfide) groups is 1. The van der Waals surface area contributed by atoms with Crippen LogP contribution in [0, 0.1) is 17.0 Å². The molecule has 1 aliphatic rings. The van der Waals surface area contributed by atoms with Crippen LogP contribution >= 0.6 is 11.8 Å². The minimum absolute atomic E-state index is 0.126. The Morgan fingerprint density at radius 2 is 2.10 bits per heavy atom. The van der Waals surface area contributed by atoms with E-state index in [-0.39, 0.29) is 16.7 Å². The molecule has 0 spiro atoms. The van der Waals surface area contributed by atoms with Crippen molar-refractivity contribution in [2.45, 2.75) is 24.3 Å². The molecule has 0 saturated carbocycles. The molecule has 0 bridgehead atoms. The van der Waals surface area contributed by atoms with E-state index in [9.17, 15) is 10.1 Å². The van der Waals surface area contributed by atoms with Crippen LogP contribution < -0.4 is 5.32 Å². The molecule has 3 rings (SSSR count). The smallest absolute Gasteiger partial charge is 0.271 e. The zero-order valence-electron chi connectivity index (χ0n) is 11.7. The lowest BCUT2D eigenvalue weighted by Gasteiger charge is -2.27. The lowest BCUT2D eigenvalue weighted by Crippen LogP contribution is -2.16. The van der Waals surface area contributed by atoms with Crippen LogP contribution in [0.1, 0.15) is 23.6 Å². The number of nitrogens with zero attached hydrogens (tertiary/aromatic N) is 1. The lowest BCUT2D eigenvalue weighted by atomic mass is 10.0. The van der Waals surface area contributed by atoms with Gasteiger partial charge in [0.25, 0.3) is 5.69 Å². The Balaban J connectivity index is 1.91. The number of rotatable bonds is 3. The Labute approximate surface area is 127 Å². The third-order valence-corrected chi connectivity index (χ3v) is 4.84. The maximum absolute atomic E-state index is 10.9. The van der Waals surface area contributed by atoms with E-state index < -0.39 is 0 Å². The van der Waals surface area contributed by atoms with Crippen LogP contribution in [-0.4, -0.2) is 10.7 Å². The van der Waals surface area contributed by atoms with Gasteiger partial charge < -0.3 is 5.32 Å². The summed E-state index contributed by atoms with van der Waals surface area (Å²) in [5.41, 5.74) is 3.27. The molecule has 0 radical (unpaired) electrons. The third kappa shape index (κ3) is 2.88. The van der Waals surface area contributed by atoms with Crippen molar-refractivity contribution < 1.29 is 4.92 Å². The second kappa shape index (κ2) is 5.77. The van der Waals surface area contributed by atoms with Crippen LogP contribution in [0.3, 0.4) is 0 Å². The van der Waals surface area contributed by atoms with E-state index in [4.69, 9.17) is 0 Å². The van der Waals surface area contributed by atoms with E-state index in [1.165, 1.54) is 10.5 Å². The zero-order valence-corrected chi connectivity index (χ0v) is 12.5. The molecule has 21 heavy (non-hydrogen) atoms. The van der Waals surface area contributed by atoms with Crippen LogP contribution in [-0.2, 0) is 0 Å². The van der Waals surface area contributed by atoms with Crippen molar-refractivity contribution in [2.24, 2.45) is 0 Å². The summed E-state index contributed by atoms with van der Waals surface area (Å²) in [6.45, 7) is 1.97. The molecule has 1 atom stereocenters. The van der Waals surface area contributed by atoms with Crippen LogP contribution in [0.25, 0.3) is 0 Å². The predicted octanol–water partition coefficient (Wildman–Crippen LogP) is 4.55. The van der Waals surface area contributed by atoms with Crippen molar-refractivity contribution in [1.82, 2.24) is 0 Å². The number of fused-ring (bicyclic) bond motifs is 1. The number of hydrogen-bond donors (Lipinski definition) is 1. The van der Waals surface area contributed by atoms with E-state index in [1.54, 1.807) is 18.2 Å². The third-order valence-electron chi connectivity index (χ3n) is 3.72. The van der Waals surface area contributed by atoms with Crippen molar-refractivity contribution in [1.29, 1.82) is 0 Å². The Bertz CT molecular complexity index is 688. The second-order valence-corrected chi connectivity index (χ2v) is 6.26. The van der Waals surface area contributed by atoms with Crippen molar-refractivity contribution in [3.63, 3.8) is 0 Å². The van der Waals surface area contributed by atoms with E-state index >= 15 is 0 Å². The van der Waals surface area contributed by atoms with Gasteiger partial charge in [0, 0.05) is 28.5 Å². The highest BCUT2D eigenvalue weighted by Crippen LogP contribution is 2.38. The van der Waals surface area contributed by atoms with Gasteiger partial charge in [0.15, 0.2) is 0 Å². The summed E-state index contributed by atoms with van der Waals surface area (Å²) in [5.74, 6) is 1.06. The zero-order chi connectivity index (χ0) is 14.8. The average Bonchev–Trinajstić information content (AvgIpc) is 2.49. The minimum Gasteiger partial charge on any atom is -0.378 e. The van der Waals surface area contributed by atoms with Gasteiger partial charge in [-0.15, -0.1) is 11.8 Å². The van der Waals surface area contributed by atoms with Gasteiger partial charge in [-0.1, -0.05) is 24.3 Å². The molecule has 0 aromatic heterocycles. The summed E-state index contributed by atoms with van der Waals surface area (Å²) in [6.07, 6.45) is 1.02. The molecule has 1 heterocycles. The maximum Gasteiger partial charge on any atom is 0.271 e. The highest BCUT2D eigenvalue weighted by atomic mass is 32.2. The van der Waals surface area contributed by atoms with Gasteiger partial charge in [-0.3, -0.25) is 10.1 Å². The van der Waals surface area contributed by atoms with Crippen molar-refractivity contribution in [3.8, 4) is 0 Å². The number of non-ortho nitro benzene ring substituents is 1. The van der Waals surface area contributed by atoms with Gasteiger partial charge in [-0.05, 0) is 30.5 Å². The van der Waals surface area contributed by atoms with Crippen molar-refractivity contribution in [3.05, 3.63) is 63.7 Å². The Morgan fingerprint density at radius 3 is 2.90 bits per heavy atom. The summed E-state index contributed by atoms with van der Waals surface area (Å²) in [6, 6.07) is 13.5. The summed E-state index contributed by atoms with van der Waals surface area (Å²) in [7, 11) is 0. The molecule has 0 fully saturated rings. The van der Waals surface area contributed by atoms with Gasteiger partial charge in [0.1, 0.15) is 0 Å². The average molecular weight is 300 g/mol. The molecule has 1 unspecified atom stereocenters. The molecule has 1 aliphatic heterocycles. The maximum atomic E-state index is 10.9. The molecular weight excluding hydrogens is 284 g/mol. The van der Waals surface area contributed by atoms with E-state index in [0.29, 0.717) is 0 Å². The van der Waals surface area contributed by atoms with Gasteiger partial charge in [-0.2, -0.15) is 0 Å².